The van der Waals surface area contributed by atoms with Gasteiger partial charge >= 0.3 is 0 Å². The molecule has 1 aliphatic heterocycles. The Morgan fingerprint density at radius 2 is 2.17 bits per heavy atom. The molecule has 1 saturated heterocycles. The van der Waals surface area contributed by atoms with Crippen molar-refractivity contribution in [2.75, 3.05) is 25.5 Å². The molecule has 1 aromatic rings. The molecule has 5 nitrogen and oxygen atoms in total. The summed E-state index contributed by atoms with van der Waals surface area (Å²) in [5.41, 5.74) is -0.715. The van der Waals surface area contributed by atoms with Gasteiger partial charge in [0, 0.05) is 24.4 Å². The molecule has 0 aromatic carbocycles. The SMILES string of the molecule is CNc1nc(C(=O)N2CC(C)(C)[C@@](C)(O)C2)cs1. The van der Waals surface area contributed by atoms with Crippen LogP contribution in [0.1, 0.15) is 31.3 Å². The molecule has 1 amide bonds. The lowest BCUT2D eigenvalue weighted by Crippen LogP contribution is -2.40. The Balaban J connectivity index is 2.17. The number of hydrogen-bond acceptors (Lipinski definition) is 5. The van der Waals surface area contributed by atoms with E-state index in [9.17, 15) is 9.90 Å². The second-order valence-corrected chi connectivity index (χ2v) is 6.46. The molecule has 1 aromatic heterocycles. The van der Waals surface area contributed by atoms with E-state index < -0.39 is 5.60 Å². The fourth-order valence-electron chi connectivity index (χ4n) is 2.08. The zero-order chi connectivity index (χ0) is 13.6. The lowest BCUT2D eigenvalue weighted by molar-refractivity contribution is -0.0108. The number of thiazole rings is 1. The fourth-order valence-corrected chi connectivity index (χ4v) is 2.73. The molecule has 0 radical (unpaired) electrons. The first-order chi connectivity index (χ1) is 8.27. The predicted molar refractivity (Wildman–Crippen MR) is 72.0 cm³/mol. The smallest absolute Gasteiger partial charge is 0.273 e. The van der Waals surface area contributed by atoms with Crippen molar-refractivity contribution in [3.63, 3.8) is 0 Å². The number of nitrogens with one attached hydrogen (secondary N) is 1. The minimum atomic E-state index is -0.857. The van der Waals surface area contributed by atoms with Crippen molar-refractivity contribution < 1.29 is 9.90 Å². The Kier molecular flexibility index (Phi) is 3.11. The van der Waals surface area contributed by atoms with E-state index in [4.69, 9.17) is 0 Å². The Labute approximate surface area is 111 Å². The average Bonchev–Trinajstić information content (AvgIpc) is 2.81. The molecule has 0 spiro atoms. The van der Waals surface area contributed by atoms with Crippen LogP contribution in [-0.4, -0.2) is 46.6 Å². The first kappa shape index (κ1) is 13.3. The van der Waals surface area contributed by atoms with Crippen molar-refractivity contribution in [1.29, 1.82) is 0 Å². The number of amides is 1. The lowest BCUT2D eigenvalue weighted by Gasteiger charge is -2.30. The molecule has 6 heteroatoms. The first-order valence-corrected chi connectivity index (χ1v) is 6.80. The number of aliphatic hydroxyl groups is 1. The highest BCUT2D eigenvalue weighted by Crippen LogP contribution is 2.38. The van der Waals surface area contributed by atoms with Crippen molar-refractivity contribution in [2.24, 2.45) is 5.41 Å². The summed E-state index contributed by atoms with van der Waals surface area (Å²) in [5.74, 6) is -0.112. The normalized spacial score (nSPS) is 26.4. The van der Waals surface area contributed by atoms with Gasteiger partial charge in [-0.1, -0.05) is 13.8 Å². The van der Waals surface area contributed by atoms with Crippen LogP contribution < -0.4 is 5.32 Å². The topological polar surface area (TPSA) is 65.5 Å². The standard InChI is InChI=1S/C12H19N3O2S/c1-11(2)6-15(7-12(11,3)17)9(16)8-5-18-10(13-4)14-8/h5,17H,6-7H2,1-4H3,(H,13,14)/t12-/m0/s1. The largest absolute Gasteiger partial charge is 0.388 e. The van der Waals surface area contributed by atoms with Crippen LogP contribution >= 0.6 is 11.3 Å². The number of rotatable bonds is 2. The monoisotopic (exact) mass is 269 g/mol. The Bertz CT molecular complexity index is 452. The molecular weight excluding hydrogens is 250 g/mol. The summed E-state index contributed by atoms with van der Waals surface area (Å²) in [6, 6.07) is 0. The van der Waals surface area contributed by atoms with Crippen LogP contribution in [0.5, 0.6) is 0 Å². The highest BCUT2D eigenvalue weighted by Gasteiger charge is 2.49. The number of carbonyl (C=O) groups is 1. The maximum absolute atomic E-state index is 12.3. The van der Waals surface area contributed by atoms with Crippen LogP contribution in [0.3, 0.4) is 0 Å². The van der Waals surface area contributed by atoms with Gasteiger partial charge in [0.2, 0.25) is 0 Å². The van der Waals surface area contributed by atoms with Crippen LogP contribution in [0.4, 0.5) is 5.13 Å². The van der Waals surface area contributed by atoms with Gasteiger partial charge in [-0.3, -0.25) is 4.79 Å². The molecule has 2 heterocycles. The van der Waals surface area contributed by atoms with Crippen molar-refractivity contribution in [1.82, 2.24) is 9.88 Å². The van der Waals surface area contributed by atoms with Crippen LogP contribution in [0, 0.1) is 5.41 Å². The van der Waals surface area contributed by atoms with Crippen molar-refractivity contribution in [2.45, 2.75) is 26.4 Å². The van der Waals surface area contributed by atoms with Gasteiger partial charge < -0.3 is 15.3 Å². The van der Waals surface area contributed by atoms with Gasteiger partial charge in [-0.25, -0.2) is 4.98 Å². The van der Waals surface area contributed by atoms with Gasteiger partial charge in [-0.15, -0.1) is 11.3 Å². The van der Waals surface area contributed by atoms with E-state index >= 15 is 0 Å². The molecule has 2 rings (SSSR count). The molecule has 0 bridgehead atoms. The maximum atomic E-state index is 12.3. The molecule has 0 aliphatic carbocycles. The van der Waals surface area contributed by atoms with Crippen molar-refractivity contribution in [3.05, 3.63) is 11.1 Å². The maximum Gasteiger partial charge on any atom is 0.273 e. The minimum Gasteiger partial charge on any atom is -0.388 e. The van der Waals surface area contributed by atoms with E-state index in [1.165, 1.54) is 11.3 Å². The average molecular weight is 269 g/mol. The summed E-state index contributed by atoms with van der Waals surface area (Å²) in [5, 5.41) is 15.7. The summed E-state index contributed by atoms with van der Waals surface area (Å²) in [6.45, 7) is 6.62. The molecule has 2 N–H and O–H groups in total. The van der Waals surface area contributed by atoms with Gasteiger partial charge in [0.25, 0.3) is 5.91 Å². The van der Waals surface area contributed by atoms with E-state index in [-0.39, 0.29) is 11.3 Å². The summed E-state index contributed by atoms with van der Waals surface area (Å²) >= 11 is 1.40. The molecular formula is C12H19N3O2S. The van der Waals surface area contributed by atoms with E-state index in [0.717, 1.165) is 5.13 Å². The summed E-state index contributed by atoms with van der Waals surface area (Å²) in [4.78, 5) is 18.2. The molecule has 0 saturated carbocycles. The number of anilines is 1. The number of β-amino-alcohol motifs (C(OH)–C–C–N with tert-alkyl or cyclic N) is 1. The number of hydrogen-bond donors (Lipinski definition) is 2. The van der Waals surface area contributed by atoms with Crippen LogP contribution in [0.2, 0.25) is 0 Å². The van der Waals surface area contributed by atoms with Gasteiger partial charge in [0.15, 0.2) is 5.13 Å². The third kappa shape index (κ3) is 2.10. The number of aromatic nitrogens is 1. The quantitative estimate of drug-likeness (QED) is 0.852. The highest BCUT2D eigenvalue weighted by molar-refractivity contribution is 7.13. The predicted octanol–water partition coefficient (Wildman–Crippen LogP) is 1.42. The lowest BCUT2D eigenvalue weighted by atomic mass is 9.79. The zero-order valence-corrected chi connectivity index (χ0v) is 12.0. The molecule has 1 atom stereocenters. The minimum absolute atomic E-state index is 0.112. The van der Waals surface area contributed by atoms with Gasteiger partial charge in [-0.05, 0) is 6.92 Å². The van der Waals surface area contributed by atoms with Gasteiger partial charge in [0.05, 0.1) is 12.1 Å². The van der Waals surface area contributed by atoms with E-state index in [2.05, 4.69) is 10.3 Å². The van der Waals surface area contributed by atoms with E-state index in [0.29, 0.717) is 18.8 Å². The number of likely N-dealkylation sites (tertiary alicyclic amines) is 1. The van der Waals surface area contributed by atoms with Crippen LogP contribution in [-0.2, 0) is 0 Å². The Morgan fingerprint density at radius 1 is 1.50 bits per heavy atom. The zero-order valence-electron chi connectivity index (χ0n) is 11.1. The summed E-state index contributed by atoms with van der Waals surface area (Å²) < 4.78 is 0. The first-order valence-electron chi connectivity index (χ1n) is 5.92. The van der Waals surface area contributed by atoms with E-state index in [1.807, 2.05) is 13.8 Å². The van der Waals surface area contributed by atoms with E-state index in [1.54, 1.807) is 24.3 Å². The molecule has 18 heavy (non-hydrogen) atoms. The third-order valence-electron chi connectivity index (χ3n) is 3.77. The molecule has 100 valence electrons. The Morgan fingerprint density at radius 3 is 2.61 bits per heavy atom. The van der Waals surface area contributed by atoms with Crippen molar-refractivity contribution in [3.8, 4) is 0 Å². The molecule has 0 unspecified atom stereocenters. The van der Waals surface area contributed by atoms with Gasteiger partial charge in [-0.2, -0.15) is 0 Å². The highest BCUT2D eigenvalue weighted by atomic mass is 32.1. The second-order valence-electron chi connectivity index (χ2n) is 5.61. The van der Waals surface area contributed by atoms with Crippen LogP contribution in [0.15, 0.2) is 5.38 Å². The second kappa shape index (κ2) is 4.20. The van der Waals surface area contributed by atoms with Crippen molar-refractivity contribution >= 4 is 22.4 Å². The molecule has 1 fully saturated rings. The molecule has 1 aliphatic rings. The van der Waals surface area contributed by atoms with Crippen LogP contribution in [0.25, 0.3) is 0 Å². The number of nitrogens with zero attached hydrogens (tertiary/aromatic N) is 2. The Hall–Kier alpha value is -1.14. The summed E-state index contributed by atoms with van der Waals surface area (Å²) in [6.07, 6.45) is 0. The summed E-state index contributed by atoms with van der Waals surface area (Å²) in [7, 11) is 1.77. The van der Waals surface area contributed by atoms with Gasteiger partial charge in [0.1, 0.15) is 5.69 Å². The number of carbonyl (C=O) groups excluding carboxylic acids is 1. The fraction of sp³-hybridized carbons (Fsp3) is 0.667. The third-order valence-corrected chi connectivity index (χ3v) is 4.63.